The molecule has 94 valence electrons. The van der Waals surface area contributed by atoms with Crippen molar-refractivity contribution in [2.45, 2.75) is 19.4 Å². The first-order valence-corrected chi connectivity index (χ1v) is 6.83. The second kappa shape index (κ2) is 5.23. The maximum absolute atomic E-state index is 3.65. The molecule has 1 aliphatic rings. The summed E-state index contributed by atoms with van der Waals surface area (Å²) >= 11 is 0. The lowest BCUT2D eigenvalue weighted by Gasteiger charge is -1.99. The molecule has 1 heterocycles. The van der Waals surface area contributed by atoms with Crippen LogP contribution in [0.4, 0.5) is 0 Å². The molecule has 1 atom stereocenters. The Labute approximate surface area is 114 Å². The van der Waals surface area contributed by atoms with Gasteiger partial charge in [-0.2, -0.15) is 0 Å². The summed E-state index contributed by atoms with van der Waals surface area (Å²) in [4.78, 5) is 3.65. The molecule has 1 aliphatic heterocycles. The highest BCUT2D eigenvalue weighted by molar-refractivity contribution is 6.09. The van der Waals surface area contributed by atoms with Crippen LogP contribution < -0.4 is 4.99 Å². The summed E-state index contributed by atoms with van der Waals surface area (Å²) in [7, 11) is 0. The SMILES string of the molecule is CCC1=CC(c2ccccc2)[NH+]=C1c1ccccc1. The molecule has 3 rings (SSSR count). The minimum Gasteiger partial charge on any atom is -0.231 e. The zero-order valence-corrected chi connectivity index (χ0v) is 11.1. The van der Waals surface area contributed by atoms with Crippen LogP contribution in [0.25, 0.3) is 0 Å². The van der Waals surface area contributed by atoms with Gasteiger partial charge in [0.25, 0.3) is 0 Å². The molecule has 1 nitrogen and oxygen atoms in total. The van der Waals surface area contributed by atoms with Crippen LogP contribution in [0.3, 0.4) is 0 Å². The first-order chi connectivity index (χ1) is 9.38. The van der Waals surface area contributed by atoms with Crippen LogP contribution in [-0.2, 0) is 0 Å². The topological polar surface area (TPSA) is 14.0 Å². The van der Waals surface area contributed by atoms with Crippen LogP contribution in [0.15, 0.2) is 72.3 Å². The first kappa shape index (κ1) is 11.9. The molecule has 0 aromatic heterocycles. The van der Waals surface area contributed by atoms with Crippen molar-refractivity contribution in [3.63, 3.8) is 0 Å². The van der Waals surface area contributed by atoms with Crippen LogP contribution in [0.2, 0.25) is 0 Å². The van der Waals surface area contributed by atoms with Crippen molar-refractivity contribution in [3.05, 3.63) is 83.4 Å². The predicted octanol–water partition coefficient (Wildman–Crippen LogP) is 2.65. The van der Waals surface area contributed by atoms with E-state index in [9.17, 15) is 0 Å². The highest BCUT2D eigenvalue weighted by atomic mass is 14.8. The molecule has 1 N–H and O–H groups in total. The Kier molecular flexibility index (Phi) is 3.28. The number of benzene rings is 2. The standard InChI is InChI=1S/C18H17N/c1-2-14-13-17(15-9-5-3-6-10-15)19-18(14)16-11-7-4-8-12-16/h3-13,17H,2H2,1H3/p+1. The fraction of sp³-hybridized carbons (Fsp3) is 0.167. The van der Waals surface area contributed by atoms with Gasteiger partial charge in [0.15, 0.2) is 6.04 Å². The molecule has 2 aromatic rings. The van der Waals surface area contributed by atoms with Crippen LogP contribution in [0, 0.1) is 0 Å². The van der Waals surface area contributed by atoms with Crippen molar-refractivity contribution in [2.75, 3.05) is 0 Å². The lowest BCUT2D eigenvalue weighted by molar-refractivity contribution is -0.489. The predicted molar refractivity (Wildman–Crippen MR) is 79.1 cm³/mol. The maximum atomic E-state index is 3.65. The third-order valence-corrected chi connectivity index (χ3v) is 3.59. The van der Waals surface area contributed by atoms with Crippen molar-refractivity contribution < 1.29 is 4.99 Å². The largest absolute Gasteiger partial charge is 0.231 e. The molecule has 1 heteroatoms. The van der Waals surface area contributed by atoms with E-state index in [0.717, 1.165) is 6.42 Å². The number of rotatable bonds is 3. The van der Waals surface area contributed by atoms with Crippen molar-refractivity contribution >= 4 is 5.71 Å². The summed E-state index contributed by atoms with van der Waals surface area (Å²) in [6.07, 6.45) is 3.40. The van der Waals surface area contributed by atoms with E-state index in [1.165, 1.54) is 22.4 Å². The Morgan fingerprint density at radius 1 is 0.895 bits per heavy atom. The smallest absolute Gasteiger partial charge is 0.209 e. The van der Waals surface area contributed by atoms with E-state index in [-0.39, 0.29) is 0 Å². The molecule has 0 spiro atoms. The van der Waals surface area contributed by atoms with Crippen LogP contribution in [0.5, 0.6) is 0 Å². The first-order valence-electron chi connectivity index (χ1n) is 6.83. The molecule has 0 amide bonds. The van der Waals surface area contributed by atoms with Gasteiger partial charge in [0.05, 0.1) is 0 Å². The van der Waals surface area contributed by atoms with E-state index in [0.29, 0.717) is 6.04 Å². The van der Waals surface area contributed by atoms with E-state index < -0.39 is 0 Å². The van der Waals surface area contributed by atoms with E-state index in [1.54, 1.807) is 0 Å². The molecule has 0 fully saturated rings. The Hall–Kier alpha value is -2.15. The fourth-order valence-corrected chi connectivity index (χ4v) is 2.58. The molecule has 0 saturated carbocycles. The zero-order valence-electron chi connectivity index (χ0n) is 11.1. The summed E-state index contributed by atoms with van der Waals surface area (Å²) in [5.41, 5.74) is 5.27. The number of hydrogen-bond acceptors (Lipinski definition) is 0. The molecule has 0 bridgehead atoms. The molecular formula is C18H18N+. The lowest BCUT2D eigenvalue weighted by Crippen LogP contribution is -2.71. The van der Waals surface area contributed by atoms with E-state index in [4.69, 9.17) is 0 Å². The second-order valence-electron chi connectivity index (χ2n) is 4.82. The van der Waals surface area contributed by atoms with Gasteiger partial charge in [-0.1, -0.05) is 55.5 Å². The molecule has 0 saturated heterocycles. The molecule has 2 aromatic carbocycles. The Morgan fingerprint density at radius 2 is 1.53 bits per heavy atom. The van der Waals surface area contributed by atoms with Gasteiger partial charge in [-0.25, -0.2) is 4.99 Å². The van der Waals surface area contributed by atoms with Gasteiger partial charge >= 0.3 is 0 Å². The monoisotopic (exact) mass is 248 g/mol. The Bertz CT molecular complexity index is 609. The average molecular weight is 248 g/mol. The van der Waals surface area contributed by atoms with Crippen LogP contribution in [0.1, 0.15) is 30.5 Å². The molecule has 0 radical (unpaired) electrons. The minimum atomic E-state index is 0.298. The molecule has 1 unspecified atom stereocenters. The van der Waals surface area contributed by atoms with Gasteiger partial charge in [0.1, 0.15) is 0 Å². The number of allylic oxidation sites excluding steroid dienone is 1. The third kappa shape index (κ3) is 2.37. The normalized spacial score (nSPS) is 18.1. The molecule has 19 heavy (non-hydrogen) atoms. The Balaban J connectivity index is 1.99. The van der Waals surface area contributed by atoms with Crippen molar-refractivity contribution in [1.82, 2.24) is 0 Å². The third-order valence-electron chi connectivity index (χ3n) is 3.59. The summed E-state index contributed by atoms with van der Waals surface area (Å²) in [6, 6.07) is 21.5. The van der Waals surface area contributed by atoms with Crippen LogP contribution >= 0.6 is 0 Å². The maximum Gasteiger partial charge on any atom is 0.209 e. The molecule has 0 aliphatic carbocycles. The van der Waals surface area contributed by atoms with Crippen LogP contribution in [-0.4, -0.2) is 5.71 Å². The fourth-order valence-electron chi connectivity index (χ4n) is 2.58. The highest BCUT2D eigenvalue weighted by Gasteiger charge is 2.26. The van der Waals surface area contributed by atoms with Gasteiger partial charge in [-0.05, 0) is 24.6 Å². The van der Waals surface area contributed by atoms with Gasteiger partial charge < -0.3 is 0 Å². The van der Waals surface area contributed by atoms with E-state index in [2.05, 4.69) is 78.7 Å². The number of nitrogens with one attached hydrogen (secondary N) is 1. The average Bonchev–Trinajstić information content (AvgIpc) is 2.93. The summed E-state index contributed by atoms with van der Waals surface area (Å²) < 4.78 is 0. The summed E-state index contributed by atoms with van der Waals surface area (Å²) in [5.74, 6) is 0. The summed E-state index contributed by atoms with van der Waals surface area (Å²) in [5, 5.41) is 0. The lowest BCUT2D eigenvalue weighted by atomic mass is 10.0. The van der Waals surface area contributed by atoms with Gasteiger partial charge in [-0.15, -0.1) is 0 Å². The highest BCUT2D eigenvalue weighted by Crippen LogP contribution is 2.19. The quantitative estimate of drug-likeness (QED) is 0.858. The van der Waals surface area contributed by atoms with Gasteiger partial charge in [0.2, 0.25) is 5.71 Å². The minimum absolute atomic E-state index is 0.298. The summed E-state index contributed by atoms with van der Waals surface area (Å²) in [6.45, 7) is 2.21. The second-order valence-corrected chi connectivity index (χ2v) is 4.82. The zero-order chi connectivity index (χ0) is 13.1. The van der Waals surface area contributed by atoms with Crippen molar-refractivity contribution in [3.8, 4) is 0 Å². The molecular weight excluding hydrogens is 230 g/mol. The Morgan fingerprint density at radius 3 is 2.16 bits per heavy atom. The van der Waals surface area contributed by atoms with Crippen molar-refractivity contribution in [2.24, 2.45) is 0 Å². The van der Waals surface area contributed by atoms with Gasteiger partial charge in [0, 0.05) is 16.7 Å². The van der Waals surface area contributed by atoms with E-state index >= 15 is 0 Å². The van der Waals surface area contributed by atoms with Gasteiger partial charge in [-0.3, -0.25) is 0 Å². The number of hydrogen-bond donors (Lipinski definition) is 1. The van der Waals surface area contributed by atoms with Crippen molar-refractivity contribution in [1.29, 1.82) is 0 Å². The van der Waals surface area contributed by atoms with E-state index in [1.807, 2.05) is 0 Å².